The Morgan fingerprint density at radius 1 is 1.25 bits per heavy atom. The van der Waals surface area contributed by atoms with Gasteiger partial charge in [-0.15, -0.1) is 0 Å². The van der Waals surface area contributed by atoms with Crippen molar-refractivity contribution in [2.24, 2.45) is 0 Å². The van der Waals surface area contributed by atoms with E-state index in [1.165, 1.54) is 33.8 Å². The molecule has 1 saturated carbocycles. The Bertz CT molecular complexity index is 915. The zero-order valence-corrected chi connectivity index (χ0v) is 14.0. The molecular formula is C21H21N3. The van der Waals surface area contributed by atoms with Crippen LogP contribution in [-0.2, 0) is 5.41 Å². The number of H-pyrrole nitrogens is 1. The molecule has 0 bridgehead atoms. The second-order valence-electron chi connectivity index (χ2n) is 7.28. The molecule has 0 radical (unpaired) electrons. The largest absolute Gasteiger partial charge is 0.377 e. The minimum absolute atomic E-state index is 0.0702. The van der Waals surface area contributed by atoms with Crippen molar-refractivity contribution in [3.05, 3.63) is 82.6 Å². The molecule has 0 spiro atoms. The molecule has 3 aliphatic rings. The fourth-order valence-electron chi connectivity index (χ4n) is 4.31. The molecule has 0 saturated heterocycles. The number of allylic oxidation sites excluding steroid dienone is 4. The number of nitrogens with one attached hydrogen (secondary N) is 2. The van der Waals surface area contributed by atoms with Crippen LogP contribution in [0.3, 0.4) is 0 Å². The van der Waals surface area contributed by atoms with Crippen molar-refractivity contribution in [2.75, 3.05) is 0 Å². The molecule has 3 atom stereocenters. The number of aryl methyl sites for hydroxylation is 1. The van der Waals surface area contributed by atoms with E-state index in [1.54, 1.807) is 0 Å². The first-order chi connectivity index (χ1) is 11.7. The molecule has 5 rings (SSSR count). The summed E-state index contributed by atoms with van der Waals surface area (Å²) in [6.07, 6.45) is 14.1. The van der Waals surface area contributed by atoms with E-state index in [0.717, 1.165) is 6.42 Å². The van der Waals surface area contributed by atoms with Crippen LogP contribution < -0.4 is 5.32 Å². The molecule has 3 unspecified atom stereocenters. The minimum Gasteiger partial charge on any atom is -0.377 e. The fraction of sp³-hybridized carbons (Fsp3) is 0.286. The molecule has 24 heavy (non-hydrogen) atoms. The molecular weight excluding hydrogens is 294 g/mol. The molecule has 1 aromatic heterocycles. The SMILES string of the molecule is CC1=CC=CC(c2[nH]cnc2C23C=Cc4ccc(C)cc4C2C3)N1. The Morgan fingerprint density at radius 3 is 3.04 bits per heavy atom. The molecule has 120 valence electrons. The van der Waals surface area contributed by atoms with Gasteiger partial charge in [0.25, 0.3) is 0 Å². The standard InChI is InChI=1S/C21H21N3/c1-13-6-7-15-8-9-21(11-17(21)16(15)10-13)20-19(22-12-23-20)18-5-3-4-14(2)24-18/h3-10,12,17-18,24H,11H2,1-2H3,(H,22,23). The van der Waals surface area contributed by atoms with Crippen LogP contribution >= 0.6 is 0 Å². The quantitative estimate of drug-likeness (QED) is 0.868. The van der Waals surface area contributed by atoms with Crippen LogP contribution in [0.1, 0.15) is 53.4 Å². The summed E-state index contributed by atoms with van der Waals surface area (Å²) in [5, 5.41) is 3.54. The van der Waals surface area contributed by atoms with Gasteiger partial charge in [0.15, 0.2) is 0 Å². The van der Waals surface area contributed by atoms with Crippen molar-refractivity contribution >= 4 is 6.08 Å². The molecule has 2 heterocycles. The normalized spacial score (nSPS) is 29.5. The van der Waals surface area contributed by atoms with Gasteiger partial charge in [-0.05, 0) is 37.5 Å². The average molecular weight is 315 g/mol. The van der Waals surface area contributed by atoms with Crippen LogP contribution in [0.5, 0.6) is 0 Å². The third-order valence-corrected chi connectivity index (χ3v) is 5.64. The van der Waals surface area contributed by atoms with Gasteiger partial charge in [-0.25, -0.2) is 4.98 Å². The molecule has 2 aliphatic carbocycles. The second-order valence-corrected chi connectivity index (χ2v) is 7.28. The van der Waals surface area contributed by atoms with Gasteiger partial charge in [-0.1, -0.05) is 48.1 Å². The van der Waals surface area contributed by atoms with E-state index in [9.17, 15) is 0 Å². The van der Waals surface area contributed by atoms with E-state index in [-0.39, 0.29) is 11.5 Å². The summed E-state index contributed by atoms with van der Waals surface area (Å²) in [6, 6.07) is 6.97. The number of rotatable bonds is 2. The summed E-state index contributed by atoms with van der Waals surface area (Å²) in [7, 11) is 0. The Balaban J connectivity index is 1.55. The number of nitrogens with zero attached hydrogens (tertiary/aromatic N) is 1. The molecule has 2 aromatic rings. The number of benzene rings is 1. The van der Waals surface area contributed by atoms with Crippen LogP contribution in [-0.4, -0.2) is 9.97 Å². The Hall–Kier alpha value is -2.55. The van der Waals surface area contributed by atoms with Crippen LogP contribution in [0.15, 0.2) is 54.5 Å². The van der Waals surface area contributed by atoms with Crippen LogP contribution in [0.2, 0.25) is 0 Å². The summed E-state index contributed by atoms with van der Waals surface area (Å²) >= 11 is 0. The predicted octanol–water partition coefficient (Wildman–Crippen LogP) is 4.27. The minimum atomic E-state index is 0.0702. The van der Waals surface area contributed by atoms with Gasteiger partial charge in [-0.3, -0.25) is 0 Å². The highest BCUT2D eigenvalue weighted by molar-refractivity contribution is 5.67. The number of fused-ring (bicyclic) bond motifs is 3. The van der Waals surface area contributed by atoms with E-state index < -0.39 is 0 Å². The van der Waals surface area contributed by atoms with Gasteiger partial charge < -0.3 is 10.3 Å². The zero-order valence-electron chi connectivity index (χ0n) is 14.0. The fourth-order valence-corrected chi connectivity index (χ4v) is 4.31. The maximum Gasteiger partial charge on any atom is 0.0926 e. The first-order valence-corrected chi connectivity index (χ1v) is 8.62. The molecule has 2 N–H and O–H groups in total. The lowest BCUT2D eigenvalue weighted by Crippen LogP contribution is -2.23. The van der Waals surface area contributed by atoms with E-state index in [1.807, 2.05) is 6.33 Å². The second kappa shape index (κ2) is 4.73. The summed E-state index contributed by atoms with van der Waals surface area (Å²) in [6.45, 7) is 4.28. The maximum absolute atomic E-state index is 4.75. The summed E-state index contributed by atoms with van der Waals surface area (Å²) in [4.78, 5) is 8.14. The maximum atomic E-state index is 4.75. The van der Waals surface area contributed by atoms with E-state index in [2.05, 4.69) is 72.7 Å². The topological polar surface area (TPSA) is 40.7 Å². The number of dihydropyridines is 1. The highest BCUT2D eigenvalue weighted by Crippen LogP contribution is 2.64. The average Bonchev–Trinajstić information content (AvgIpc) is 3.14. The van der Waals surface area contributed by atoms with Crippen LogP contribution in [0.4, 0.5) is 0 Å². The number of hydrogen-bond acceptors (Lipinski definition) is 2. The summed E-state index contributed by atoms with van der Waals surface area (Å²) in [5.74, 6) is 0.559. The third kappa shape index (κ3) is 1.87. The summed E-state index contributed by atoms with van der Waals surface area (Å²) in [5.41, 5.74) is 7.84. The van der Waals surface area contributed by atoms with Crippen molar-refractivity contribution in [3.8, 4) is 0 Å². The molecule has 1 aromatic carbocycles. The van der Waals surface area contributed by atoms with Crippen molar-refractivity contribution in [1.29, 1.82) is 0 Å². The van der Waals surface area contributed by atoms with Crippen LogP contribution in [0, 0.1) is 6.92 Å². The highest BCUT2D eigenvalue weighted by atomic mass is 15.0. The molecule has 3 heteroatoms. The Morgan fingerprint density at radius 2 is 2.17 bits per heavy atom. The molecule has 3 nitrogen and oxygen atoms in total. The Kier molecular flexibility index (Phi) is 2.73. The van der Waals surface area contributed by atoms with Gasteiger partial charge in [0.2, 0.25) is 0 Å². The van der Waals surface area contributed by atoms with E-state index in [4.69, 9.17) is 4.98 Å². The van der Waals surface area contributed by atoms with Crippen molar-refractivity contribution in [3.63, 3.8) is 0 Å². The van der Waals surface area contributed by atoms with Gasteiger partial charge in [0, 0.05) is 17.0 Å². The van der Waals surface area contributed by atoms with Crippen LogP contribution in [0.25, 0.3) is 6.08 Å². The van der Waals surface area contributed by atoms with Gasteiger partial charge in [0.05, 0.1) is 23.8 Å². The lowest BCUT2D eigenvalue weighted by atomic mass is 9.85. The van der Waals surface area contributed by atoms with E-state index in [0.29, 0.717) is 5.92 Å². The smallest absolute Gasteiger partial charge is 0.0926 e. The number of imidazole rings is 1. The van der Waals surface area contributed by atoms with Gasteiger partial charge in [-0.2, -0.15) is 0 Å². The van der Waals surface area contributed by atoms with E-state index >= 15 is 0 Å². The molecule has 1 fully saturated rings. The highest BCUT2D eigenvalue weighted by Gasteiger charge is 2.58. The van der Waals surface area contributed by atoms with Crippen molar-refractivity contribution in [1.82, 2.24) is 15.3 Å². The molecule has 0 amide bonds. The Labute approximate surface area is 142 Å². The first kappa shape index (κ1) is 13.8. The zero-order chi connectivity index (χ0) is 16.3. The third-order valence-electron chi connectivity index (χ3n) is 5.64. The van der Waals surface area contributed by atoms with Crippen molar-refractivity contribution in [2.45, 2.75) is 37.6 Å². The monoisotopic (exact) mass is 315 g/mol. The van der Waals surface area contributed by atoms with Gasteiger partial charge in [0.1, 0.15) is 0 Å². The molecule has 1 aliphatic heterocycles. The number of aromatic nitrogens is 2. The number of aromatic amines is 1. The predicted molar refractivity (Wildman–Crippen MR) is 96.6 cm³/mol. The lowest BCUT2D eigenvalue weighted by Gasteiger charge is -2.24. The van der Waals surface area contributed by atoms with Gasteiger partial charge >= 0.3 is 0 Å². The summed E-state index contributed by atoms with van der Waals surface area (Å²) < 4.78 is 0. The lowest BCUT2D eigenvalue weighted by molar-refractivity contribution is 0.663. The first-order valence-electron chi connectivity index (χ1n) is 8.62. The van der Waals surface area contributed by atoms with Crippen molar-refractivity contribution < 1.29 is 0 Å². The number of hydrogen-bond donors (Lipinski definition) is 2.